The summed E-state index contributed by atoms with van der Waals surface area (Å²) in [6, 6.07) is 2.66. The molecule has 9 nitrogen and oxygen atoms in total. The van der Waals surface area contributed by atoms with Gasteiger partial charge in [-0.05, 0) is 58.5 Å². The van der Waals surface area contributed by atoms with Crippen LogP contribution in [-0.4, -0.2) is 73.3 Å². The zero-order chi connectivity index (χ0) is 24.0. The summed E-state index contributed by atoms with van der Waals surface area (Å²) in [7, 11) is 3.95. The van der Waals surface area contributed by atoms with Crippen molar-refractivity contribution in [2.45, 2.75) is 32.4 Å². The number of ether oxygens (including phenoxy) is 2. The van der Waals surface area contributed by atoms with Crippen LogP contribution in [0.1, 0.15) is 30.1 Å². The maximum absolute atomic E-state index is 13.2. The van der Waals surface area contributed by atoms with Gasteiger partial charge in [-0.3, -0.25) is 14.4 Å². The molecule has 2 amide bonds. The lowest BCUT2D eigenvalue weighted by Gasteiger charge is -2.19. The molecule has 0 aliphatic carbocycles. The Morgan fingerprint density at radius 3 is 2.64 bits per heavy atom. The Bertz CT molecular complexity index is 1070. The number of hydrogen-bond acceptors (Lipinski definition) is 7. The van der Waals surface area contributed by atoms with Gasteiger partial charge in [0.25, 0.3) is 5.91 Å². The van der Waals surface area contributed by atoms with E-state index in [1.54, 1.807) is 30.1 Å². The number of aromatic nitrogens is 1. The summed E-state index contributed by atoms with van der Waals surface area (Å²) in [4.78, 5) is 41.1. The van der Waals surface area contributed by atoms with E-state index in [1.807, 2.05) is 36.7 Å². The Morgan fingerprint density at radius 1 is 1.24 bits per heavy atom. The van der Waals surface area contributed by atoms with Gasteiger partial charge in [0, 0.05) is 25.4 Å². The van der Waals surface area contributed by atoms with Crippen molar-refractivity contribution >= 4 is 34.5 Å². The van der Waals surface area contributed by atoms with E-state index in [1.165, 1.54) is 0 Å². The van der Waals surface area contributed by atoms with Crippen LogP contribution in [0.3, 0.4) is 0 Å². The molecule has 1 aliphatic rings. The highest BCUT2D eigenvalue weighted by Crippen LogP contribution is 2.35. The first-order chi connectivity index (χ1) is 15.8. The molecule has 2 heterocycles. The maximum Gasteiger partial charge on any atom is 0.257 e. The molecule has 1 aromatic carbocycles. The molecule has 0 bridgehead atoms. The number of aryl methyl sites for hydroxylation is 1. The van der Waals surface area contributed by atoms with E-state index in [2.05, 4.69) is 10.6 Å². The number of hydrogen-bond donors (Lipinski definition) is 2. The molecule has 0 saturated heterocycles. The fourth-order valence-corrected chi connectivity index (χ4v) is 4.15. The van der Waals surface area contributed by atoms with Crippen molar-refractivity contribution in [1.29, 1.82) is 0 Å². The zero-order valence-electron chi connectivity index (χ0n) is 19.6. The second kappa shape index (κ2) is 11.4. The highest BCUT2D eigenvalue weighted by Gasteiger charge is 2.24. The number of carbonyl (C=O) groups excluding carboxylic acids is 2. The predicted octanol–water partition coefficient (Wildman–Crippen LogP) is 1.67. The van der Waals surface area contributed by atoms with Crippen LogP contribution in [0.2, 0.25) is 0 Å². The van der Waals surface area contributed by atoms with Crippen LogP contribution in [-0.2, 0) is 11.3 Å². The first-order valence-corrected chi connectivity index (χ1v) is 12.4. The average molecular weight is 477 g/mol. The molecular formula is C23H32N4O5S. The quantitative estimate of drug-likeness (QED) is 0.476. The highest BCUT2D eigenvalue weighted by molar-refractivity contribution is 7.98. The van der Waals surface area contributed by atoms with Gasteiger partial charge < -0.3 is 29.6 Å². The monoisotopic (exact) mass is 476 g/mol. The first-order valence-electron chi connectivity index (χ1n) is 11.0. The molecule has 33 heavy (non-hydrogen) atoms. The number of thioether (sulfide) groups is 1. The molecule has 1 unspecified atom stereocenters. The Balaban J connectivity index is 1.83. The summed E-state index contributed by atoms with van der Waals surface area (Å²) in [5.74, 6) is 0.961. The summed E-state index contributed by atoms with van der Waals surface area (Å²) in [5.41, 5.74) is 0.263. The van der Waals surface area contributed by atoms with E-state index in [0.29, 0.717) is 47.7 Å². The minimum Gasteiger partial charge on any atom is -0.454 e. The largest absolute Gasteiger partial charge is 0.454 e. The van der Waals surface area contributed by atoms with Crippen molar-refractivity contribution in [3.63, 3.8) is 0 Å². The molecule has 0 fully saturated rings. The van der Waals surface area contributed by atoms with Gasteiger partial charge >= 0.3 is 0 Å². The lowest BCUT2D eigenvalue weighted by atomic mass is 10.1. The smallest absolute Gasteiger partial charge is 0.257 e. The normalized spacial score (nSPS) is 13.4. The van der Waals surface area contributed by atoms with Crippen LogP contribution in [0.25, 0.3) is 10.9 Å². The standard InChI is InChI=1S/C23H32N4O5S/c1-5-27-13-16(21(28)15-11-19-20(12-18(15)27)32-14-31-19)22(29)25-17(7-10-33-4)23(30)24-8-6-9-26(2)3/h11-13,17H,5-10,14H2,1-4H3,(H,24,30)(H,25,29). The van der Waals surface area contributed by atoms with E-state index in [0.717, 1.165) is 13.0 Å². The van der Waals surface area contributed by atoms with Crippen molar-refractivity contribution in [3.05, 3.63) is 34.1 Å². The van der Waals surface area contributed by atoms with Crippen molar-refractivity contribution in [3.8, 4) is 11.5 Å². The van der Waals surface area contributed by atoms with Crippen LogP contribution in [0, 0.1) is 0 Å². The minimum absolute atomic E-state index is 0.00206. The number of pyridine rings is 1. The maximum atomic E-state index is 13.2. The van der Waals surface area contributed by atoms with Gasteiger partial charge in [-0.25, -0.2) is 0 Å². The minimum atomic E-state index is -0.716. The molecule has 0 saturated carbocycles. The van der Waals surface area contributed by atoms with Crippen LogP contribution < -0.4 is 25.5 Å². The number of rotatable bonds is 11. The van der Waals surface area contributed by atoms with Gasteiger partial charge in [0.1, 0.15) is 11.6 Å². The van der Waals surface area contributed by atoms with Crippen molar-refractivity contribution in [2.24, 2.45) is 0 Å². The molecule has 3 rings (SSSR count). The summed E-state index contributed by atoms with van der Waals surface area (Å²) in [5, 5.41) is 6.06. The number of benzene rings is 1. The number of amides is 2. The third-order valence-corrected chi connectivity index (χ3v) is 6.12. The van der Waals surface area contributed by atoms with Gasteiger partial charge in [-0.1, -0.05) is 0 Å². The molecule has 1 atom stereocenters. The zero-order valence-corrected chi connectivity index (χ0v) is 20.4. The van der Waals surface area contributed by atoms with Gasteiger partial charge in [-0.15, -0.1) is 0 Å². The molecular weight excluding hydrogens is 444 g/mol. The number of carbonyl (C=O) groups is 2. The molecule has 1 aliphatic heterocycles. The van der Waals surface area contributed by atoms with Crippen LogP contribution in [0.15, 0.2) is 23.1 Å². The van der Waals surface area contributed by atoms with E-state index < -0.39 is 17.4 Å². The van der Waals surface area contributed by atoms with Crippen LogP contribution >= 0.6 is 11.8 Å². The van der Waals surface area contributed by atoms with E-state index in [4.69, 9.17) is 9.47 Å². The summed E-state index contributed by atoms with van der Waals surface area (Å²) < 4.78 is 12.7. The third-order valence-electron chi connectivity index (χ3n) is 5.47. The van der Waals surface area contributed by atoms with E-state index in [-0.39, 0.29) is 18.3 Å². The van der Waals surface area contributed by atoms with Gasteiger partial charge in [0.2, 0.25) is 18.1 Å². The third kappa shape index (κ3) is 6.00. The van der Waals surface area contributed by atoms with Gasteiger partial charge in [-0.2, -0.15) is 11.8 Å². The molecule has 10 heteroatoms. The number of nitrogens with one attached hydrogen (secondary N) is 2. The topological polar surface area (TPSA) is 102 Å². The molecule has 0 spiro atoms. The molecule has 2 N–H and O–H groups in total. The SMILES string of the molecule is CCn1cc(C(=O)NC(CCSC)C(=O)NCCCN(C)C)c(=O)c2cc3c(cc21)OCO3. The Labute approximate surface area is 197 Å². The first kappa shape index (κ1) is 24.9. The van der Waals surface area contributed by atoms with E-state index >= 15 is 0 Å². The average Bonchev–Trinajstić information content (AvgIpc) is 3.26. The number of fused-ring (bicyclic) bond motifs is 2. The van der Waals surface area contributed by atoms with Crippen LogP contribution in [0.4, 0.5) is 0 Å². The second-order valence-electron chi connectivity index (χ2n) is 8.14. The van der Waals surface area contributed by atoms with E-state index in [9.17, 15) is 14.4 Å². The molecule has 180 valence electrons. The predicted molar refractivity (Wildman–Crippen MR) is 130 cm³/mol. The molecule has 2 aromatic rings. The molecule has 1 aromatic heterocycles. The Morgan fingerprint density at radius 2 is 1.97 bits per heavy atom. The lowest BCUT2D eigenvalue weighted by Crippen LogP contribution is -2.48. The summed E-state index contributed by atoms with van der Waals surface area (Å²) >= 11 is 1.60. The summed E-state index contributed by atoms with van der Waals surface area (Å²) in [6.45, 7) is 3.96. The van der Waals surface area contributed by atoms with Gasteiger partial charge in [0.15, 0.2) is 11.5 Å². The van der Waals surface area contributed by atoms with Crippen LogP contribution in [0.5, 0.6) is 11.5 Å². The molecule has 0 radical (unpaired) electrons. The Hall–Kier alpha value is -2.72. The second-order valence-corrected chi connectivity index (χ2v) is 9.12. The fourth-order valence-electron chi connectivity index (χ4n) is 3.67. The van der Waals surface area contributed by atoms with Crippen molar-refractivity contribution in [2.75, 3.05) is 46.0 Å². The summed E-state index contributed by atoms with van der Waals surface area (Å²) in [6.07, 6.45) is 4.77. The lowest BCUT2D eigenvalue weighted by molar-refractivity contribution is -0.123. The number of nitrogens with zero attached hydrogens (tertiary/aromatic N) is 2. The van der Waals surface area contributed by atoms with Crippen molar-refractivity contribution < 1.29 is 19.1 Å². The fraction of sp³-hybridized carbons (Fsp3) is 0.522. The van der Waals surface area contributed by atoms with Crippen molar-refractivity contribution in [1.82, 2.24) is 20.1 Å². The Kier molecular flexibility index (Phi) is 8.62. The highest BCUT2D eigenvalue weighted by atomic mass is 32.2. The van der Waals surface area contributed by atoms with Gasteiger partial charge in [0.05, 0.1) is 10.9 Å².